The number of carbonyl (C=O) groups excluding carboxylic acids is 1. The number of rotatable bonds is 7. The second-order valence-corrected chi connectivity index (χ2v) is 4.55. The first-order valence-corrected chi connectivity index (χ1v) is 6.28. The first-order chi connectivity index (χ1) is 6.61. The van der Waals surface area contributed by atoms with Gasteiger partial charge in [0.1, 0.15) is 0 Å². The lowest BCUT2D eigenvalue weighted by Gasteiger charge is -2.13. The van der Waals surface area contributed by atoms with E-state index in [1.165, 1.54) is 7.11 Å². The molecule has 3 nitrogen and oxygen atoms in total. The number of carbonyl (C=O) groups is 1. The smallest absolute Gasteiger partial charge is 0.309 e. The summed E-state index contributed by atoms with van der Waals surface area (Å²) in [7, 11) is 1.43. The Morgan fingerprint density at radius 1 is 1.43 bits per heavy atom. The summed E-state index contributed by atoms with van der Waals surface area (Å²) in [4.78, 5) is 11.0. The van der Waals surface area contributed by atoms with Crippen molar-refractivity contribution in [3.05, 3.63) is 0 Å². The van der Waals surface area contributed by atoms with Gasteiger partial charge in [0, 0.05) is 6.54 Å². The van der Waals surface area contributed by atoms with E-state index in [1.807, 2.05) is 18.7 Å². The zero-order valence-electron chi connectivity index (χ0n) is 9.50. The minimum Gasteiger partial charge on any atom is -0.469 e. The van der Waals surface area contributed by atoms with Gasteiger partial charge in [-0.05, 0) is 24.5 Å². The van der Waals surface area contributed by atoms with Crippen molar-refractivity contribution >= 4 is 17.7 Å². The number of methoxy groups -OCH3 is 1. The Bertz CT molecular complexity index is 164. The number of esters is 1. The van der Waals surface area contributed by atoms with E-state index in [1.54, 1.807) is 0 Å². The van der Waals surface area contributed by atoms with Gasteiger partial charge in [-0.1, -0.05) is 13.8 Å². The van der Waals surface area contributed by atoms with Gasteiger partial charge in [0.25, 0.3) is 0 Å². The Kier molecular flexibility index (Phi) is 7.99. The molecule has 0 radical (unpaired) electrons. The summed E-state index contributed by atoms with van der Waals surface area (Å²) < 4.78 is 4.63. The van der Waals surface area contributed by atoms with E-state index >= 15 is 0 Å². The van der Waals surface area contributed by atoms with Gasteiger partial charge in [-0.25, -0.2) is 0 Å². The number of ether oxygens (including phenoxy) is 1. The SMILES string of the molecule is COC(=O)C(C)CNCC(C)CSC. The molecule has 84 valence electrons. The van der Waals surface area contributed by atoms with Crippen LogP contribution in [0.4, 0.5) is 0 Å². The maximum absolute atomic E-state index is 11.0. The summed E-state index contributed by atoms with van der Waals surface area (Å²) >= 11 is 1.85. The van der Waals surface area contributed by atoms with Gasteiger partial charge in [0.15, 0.2) is 0 Å². The third kappa shape index (κ3) is 6.27. The predicted molar refractivity (Wildman–Crippen MR) is 61.6 cm³/mol. The topological polar surface area (TPSA) is 38.3 Å². The fourth-order valence-electron chi connectivity index (χ4n) is 1.17. The first-order valence-electron chi connectivity index (χ1n) is 4.89. The van der Waals surface area contributed by atoms with E-state index in [-0.39, 0.29) is 11.9 Å². The quantitative estimate of drug-likeness (QED) is 0.657. The summed E-state index contributed by atoms with van der Waals surface area (Å²) in [5, 5.41) is 3.27. The molecule has 0 saturated heterocycles. The molecule has 4 heteroatoms. The second kappa shape index (κ2) is 8.12. The number of hydrogen-bond donors (Lipinski definition) is 1. The van der Waals surface area contributed by atoms with Crippen LogP contribution >= 0.6 is 11.8 Å². The molecule has 0 heterocycles. The molecule has 2 unspecified atom stereocenters. The summed E-state index contributed by atoms with van der Waals surface area (Å²) in [6.07, 6.45) is 2.10. The van der Waals surface area contributed by atoms with E-state index in [2.05, 4.69) is 23.2 Å². The van der Waals surface area contributed by atoms with Gasteiger partial charge in [-0.15, -0.1) is 0 Å². The molecule has 0 saturated carbocycles. The average Bonchev–Trinajstić information content (AvgIpc) is 2.16. The standard InChI is InChI=1S/C10H21NO2S/c1-8(7-14-4)5-11-6-9(2)10(12)13-3/h8-9,11H,5-7H2,1-4H3. The van der Waals surface area contributed by atoms with Gasteiger partial charge in [-0.3, -0.25) is 4.79 Å². The van der Waals surface area contributed by atoms with E-state index < -0.39 is 0 Å². The van der Waals surface area contributed by atoms with Crippen LogP contribution in [0.1, 0.15) is 13.8 Å². The number of thioether (sulfide) groups is 1. The van der Waals surface area contributed by atoms with Crippen LogP contribution in [0.3, 0.4) is 0 Å². The first kappa shape index (κ1) is 13.8. The third-order valence-electron chi connectivity index (χ3n) is 2.00. The van der Waals surface area contributed by atoms with E-state index in [0.717, 1.165) is 12.3 Å². The highest BCUT2D eigenvalue weighted by Crippen LogP contribution is 2.03. The highest BCUT2D eigenvalue weighted by atomic mass is 32.2. The van der Waals surface area contributed by atoms with Crippen LogP contribution in [0.15, 0.2) is 0 Å². The molecule has 0 rings (SSSR count). The van der Waals surface area contributed by atoms with Crippen molar-refractivity contribution < 1.29 is 9.53 Å². The van der Waals surface area contributed by atoms with E-state index in [4.69, 9.17) is 0 Å². The van der Waals surface area contributed by atoms with Crippen LogP contribution < -0.4 is 5.32 Å². The zero-order valence-corrected chi connectivity index (χ0v) is 10.3. The summed E-state index contributed by atoms with van der Waals surface area (Å²) in [5.41, 5.74) is 0. The second-order valence-electron chi connectivity index (χ2n) is 3.64. The van der Waals surface area contributed by atoms with Crippen molar-refractivity contribution in [1.29, 1.82) is 0 Å². The lowest BCUT2D eigenvalue weighted by Crippen LogP contribution is -2.30. The normalized spacial score (nSPS) is 14.9. The molecule has 0 amide bonds. The molecule has 0 bridgehead atoms. The van der Waals surface area contributed by atoms with E-state index in [9.17, 15) is 4.79 Å². The fourth-order valence-corrected chi connectivity index (χ4v) is 1.86. The summed E-state index contributed by atoms with van der Waals surface area (Å²) in [6.45, 7) is 5.73. The molecule has 14 heavy (non-hydrogen) atoms. The van der Waals surface area contributed by atoms with Crippen molar-refractivity contribution in [2.24, 2.45) is 11.8 Å². The molecule has 0 aromatic carbocycles. The average molecular weight is 219 g/mol. The highest BCUT2D eigenvalue weighted by Gasteiger charge is 2.12. The van der Waals surface area contributed by atoms with Crippen molar-refractivity contribution in [2.75, 3.05) is 32.2 Å². The molecule has 0 fully saturated rings. The minimum atomic E-state index is -0.144. The Morgan fingerprint density at radius 3 is 2.57 bits per heavy atom. The lowest BCUT2D eigenvalue weighted by atomic mass is 10.1. The summed E-state index contributed by atoms with van der Waals surface area (Å²) in [6, 6.07) is 0. The molecule has 1 N–H and O–H groups in total. The largest absolute Gasteiger partial charge is 0.469 e. The lowest BCUT2D eigenvalue weighted by molar-refractivity contribution is -0.144. The number of nitrogens with one attached hydrogen (secondary N) is 1. The van der Waals surface area contributed by atoms with Crippen molar-refractivity contribution in [1.82, 2.24) is 5.32 Å². The van der Waals surface area contributed by atoms with Gasteiger partial charge in [-0.2, -0.15) is 11.8 Å². The van der Waals surface area contributed by atoms with Crippen LogP contribution in [0.5, 0.6) is 0 Å². The van der Waals surface area contributed by atoms with Gasteiger partial charge in [0.05, 0.1) is 13.0 Å². The van der Waals surface area contributed by atoms with Crippen LogP contribution in [0, 0.1) is 11.8 Å². The van der Waals surface area contributed by atoms with Crippen LogP contribution in [-0.4, -0.2) is 38.2 Å². The maximum Gasteiger partial charge on any atom is 0.309 e. The molecule has 0 aliphatic heterocycles. The molecular formula is C10H21NO2S. The summed E-state index contributed by atoms with van der Waals surface area (Å²) in [5.74, 6) is 1.60. The molecular weight excluding hydrogens is 198 g/mol. The highest BCUT2D eigenvalue weighted by molar-refractivity contribution is 7.98. The van der Waals surface area contributed by atoms with Crippen LogP contribution in [0.25, 0.3) is 0 Å². The predicted octanol–water partition coefficient (Wildman–Crippen LogP) is 1.38. The zero-order chi connectivity index (χ0) is 11.0. The van der Waals surface area contributed by atoms with E-state index in [0.29, 0.717) is 12.5 Å². The molecule has 0 aliphatic carbocycles. The number of hydrogen-bond acceptors (Lipinski definition) is 4. The molecule has 2 atom stereocenters. The van der Waals surface area contributed by atoms with Gasteiger partial charge < -0.3 is 10.1 Å². The molecule has 0 aromatic heterocycles. The minimum absolute atomic E-state index is 0.0542. The molecule has 0 aliphatic rings. The van der Waals surface area contributed by atoms with Crippen molar-refractivity contribution in [2.45, 2.75) is 13.8 Å². The molecule has 0 spiro atoms. The van der Waals surface area contributed by atoms with Crippen molar-refractivity contribution in [3.8, 4) is 0 Å². The Balaban J connectivity index is 3.48. The fraction of sp³-hybridized carbons (Fsp3) is 0.900. The Morgan fingerprint density at radius 2 is 2.07 bits per heavy atom. The third-order valence-corrected chi connectivity index (χ3v) is 2.90. The monoisotopic (exact) mass is 219 g/mol. The molecule has 0 aromatic rings. The Hall–Kier alpha value is -0.220. The Labute approximate surface area is 91.0 Å². The van der Waals surface area contributed by atoms with Gasteiger partial charge >= 0.3 is 5.97 Å². The van der Waals surface area contributed by atoms with Crippen LogP contribution in [-0.2, 0) is 9.53 Å². The van der Waals surface area contributed by atoms with Crippen molar-refractivity contribution in [3.63, 3.8) is 0 Å². The van der Waals surface area contributed by atoms with Crippen LogP contribution in [0.2, 0.25) is 0 Å². The maximum atomic E-state index is 11.0. The van der Waals surface area contributed by atoms with Gasteiger partial charge in [0.2, 0.25) is 0 Å².